The van der Waals surface area contributed by atoms with Gasteiger partial charge in [0.05, 0.1) is 19.0 Å². The second kappa shape index (κ2) is 4.93. The fraction of sp³-hybridized carbons (Fsp3) is 0.636. The molecular weight excluding hydrogens is 224 g/mol. The molecule has 0 bridgehead atoms. The van der Waals surface area contributed by atoms with E-state index in [0.717, 1.165) is 19.4 Å². The summed E-state index contributed by atoms with van der Waals surface area (Å²) in [5.74, 6) is -0.128. The predicted octanol–water partition coefficient (Wildman–Crippen LogP) is 1.72. The first-order valence-electron chi connectivity index (χ1n) is 5.43. The zero-order chi connectivity index (χ0) is 11.4. The Labute approximate surface area is 99.0 Å². The molecule has 0 saturated heterocycles. The van der Waals surface area contributed by atoms with Crippen LogP contribution in [0.4, 0.5) is 0 Å². The number of methoxy groups -OCH3 is 1. The molecule has 0 aliphatic heterocycles. The fourth-order valence-corrected chi connectivity index (χ4v) is 2.51. The van der Waals surface area contributed by atoms with Crippen molar-refractivity contribution in [2.45, 2.75) is 37.8 Å². The van der Waals surface area contributed by atoms with Gasteiger partial charge in [-0.2, -0.15) is 0 Å². The Kier molecular flexibility index (Phi) is 3.56. The van der Waals surface area contributed by atoms with Crippen molar-refractivity contribution in [2.24, 2.45) is 0 Å². The number of ether oxygens (including phenoxy) is 1. The van der Waals surface area contributed by atoms with Crippen LogP contribution in [0.1, 0.15) is 30.6 Å². The molecule has 0 spiro atoms. The minimum absolute atomic E-state index is 0.0307. The monoisotopic (exact) mass is 240 g/mol. The van der Waals surface area contributed by atoms with Crippen molar-refractivity contribution < 1.29 is 9.53 Å². The summed E-state index contributed by atoms with van der Waals surface area (Å²) >= 11 is 1.63. The number of nitrogens with zero attached hydrogens (tertiary/aromatic N) is 1. The number of thiazole rings is 1. The van der Waals surface area contributed by atoms with E-state index < -0.39 is 0 Å². The van der Waals surface area contributed by atoms with E-state index >= 15 is 0 Å². The van der Waals surface area contributed by atoms with Gasteiger partial charge in [-0.3, -0.25) is 9.78 Å². The lowest BCUT2D eigenvalue weighted by Gasteiger charge is -2.42. The standard InChI is InChI=1S/C11H16N2O2S/c1-15-10(14)5-11(3-2-4-11)13-7-9-6-12-8-16-9/h6,8,13H,2-5,7H2,1H3. The number of carbonyl (C=O) groups is 1. The molecule has 2 rings (SSSR count). The summed E-state index contributed by atoms with van der Waals surface area (Å²) < 4.78 is 4.73. The van der Waals surface area contributed by atoms with E-state index in [4.69, 9.17) is 4.74 Å². The van der Waals surface area contributed by atoms with E-state index in [1.807, 2.05) is 11.7 Å². The lowest BCUT2D eigenvalue weighted by Crippen LogP contribution is -2.51. The van der Waals surface area contributed by atoms with Crippen LogP contribution in [0.25, 0.3) is 0 Å². The van der Waals surface area contributed by atoms with Gasteiger partial charge in [0.2, 0.25) is 0 Å². The lowest BCUT2D eigenvalue weighted by molar-refractivity contribution is -0.143. The maximum Gasteiger partial charge on any atom is 0.307 e. The van der Waals surface area contributed by atoms with Gasteiger partial charge in [0.15, 0.2) is 0 Å². The highest BCUT2D eigenvalue weighted by Gasteiger charge is 2.38. The van der Waals surface area contributed by atoms with E-state index in [1.165, 1.54) is 18.4 Å². The zero-order valence-electron chi connectivity index (χ0n) is 9.36. The van der Waals surface area contributed by atoms with Crippen molar-refractivity contribution in [1.29, 1.82) is 0 Å². The summed E-state index contributed by atoms with van der Waals surface area (Å²) in [6.45, 7) is 0.793. The Hall–Kier alpha value is -0.940. The first-order chi connectivity index (χ1) is 7.74. The molecule has 4 nitrogen and oxygen atoms in total. The third-order valence-corrected chi connectivity index (χ3v) is 3.92. The number of hydrogen-bond acceptors (Lipinski definition) is 5. The van der Waals surface area contributed by atoms with Crippen molar-refractivity contribution in [1.82, 2.24) is 10.3 Å². The lowest BCUT2D eigenvalue weighted by atomic mass is 9.74. The van der Waals surface area contributed by atoms with E-state index in [2.05, 4.69) is 10.3 Å². The quantitative estimate of drug-likeness (QED) is 0.796. The number of carbonyl (C=O) groups excluding carboxylic acids is 1. The van der Waals surface area contributed by atoms with E-state index in [-0.39, 0.29) is 11.5 Å². The fourth-order valence-electron chi connectivity index (χ4n) is 1.97. The summed E-state index contributed by atoms with van der Waals surface area (Å²) in [6.07, 6.45) is 5.64. The van der Waals surface area contributed by atoms with Crippen molar-refractivity contribution in [3.05, 3.63) is 16.6 Å². The Bertz CT molecular complexity index is 347. The van der Waals surface area contributed by atoms with Crippen LogP contribution < -0.4 is 5.32 Å². The molecule has 1 fully saturated rings. The van der Waals surface area contributed by atoms with Gasteiger partial charge in [0.25, 0.3) is 0 Å². The van der Waals surface area contributed by atoms with Gasteiger partial charge >= 0.3 is 5.97 Å². The van der Waals surface area contributed by atoms with Crippen molar-refractivity contribution in [3.63, 3.8) is 0 Å². The van der Waals surface area contributed by atoms with Crippen LogP contribution >= 0.6 is 11.3 Å². The second-order valence-corrected chi connectivity index (χ2v) is 5.18. The highest BCUT2D eigenvalue weighted by atomic mass is 32.1. The molecular formula is C11H16N2O2S. The molecule has 1 saturated carbocycles. The topological polar surface area (TPSA) is 51.2 Å². The first-order valence-corrected chi connectivity index (χ1v) is 6.31. The summed E-state index contributed by atoms with van der Waals surface area (Å²) in [5.41, 5.74) is 1.79. The maximum atomic E-state index is 11.3. The Morgan fingerprint density at radius 3 is 3.00 bits per heavy atom. The van der Waals surface area contributed by atoms with Gasteiger partial charge in [-0.25, -0.2) is 0 Å². The van der Waals surface area contributed by atoms with Crippen molar-refractivity contribution in [2.75, 3.05) is 7.11 Å². The molecule has 0 amide bonds. The Morgan fingerprint density at radius 1 is 1.69 bits per heavy atom. The Balaban J connectivity index is 1.87. The van der Waals surface area contributed by atoms with Crippen LogP contribution in [-0.4, -0.2) is 23.6 Å². The van der Waals surface area contributed by atoms with E-state index in [9.17, 15) is 4.79 Å². The highest BCUT2D eigenvalue weighted by Crippen LogP contribution is 2.35. The largest absolute Gasteiger partial charge is 0.469 e. The predicted molar refractivity (Wildman–Crippen MR) is 62.2 cm³/mol. The van der Waals surface area contributed by atoms with Crippen LogP contribution in [0.5, 0.6) is 0 Å². The van der Waals surface area contributed by atoms with Crippen molar-refractivity contribution >= 4 is 17.3 Å². The smallest absolute Gasteiger partial charge is 0.307 e. The van der Waals surface area contributed by atoms with Crippen LogP contribution in [0, 0.1) is 0 Å². The van der Waals surface area contributed by atoms with Gasteiger partial charge < -0.3 is 10.1 Å². The van der Waals surface area contributed by atoms with E-state index in [0.29, 0.717) is 6.42 Å². The number of rotatable bonds is 5. The van der Waals surface area contributed by atoms with Crippen LogP contribution in [0.2, 0.25) is 0 Å². The second-order valence-electron chi connectivity index (χ2n) is 4.21. The molecule has 88 valence electrons. The van der Waals surface area contributed by atoms with Crippen LogP contribution in [-0.2, 0) is 16.1 Å². The third kappa shape index (κ3) is 2.59. The van der Waals surface area contributed by atoms with Crippen LogP contribution in [0.15, 0.2) is 11.7 Å². The first kappa shape index (κ1) is 11.5. The van der Waals surface area contributed by atoms with E-state index in [1.54, 1.807) is 11.3 Å². The normalized spacial score (nSPS) is 17.8. The molecule has 1 aliphatic carbocycles. The summed E-state index contributed by atoms with van der Waals surface area (Å²) in [4.78, 5) is 16.5. The summed E-state index contributed by atoms with van der Waals surface area (Å²) in [7, 11) is 1.44. The van der Waals surface area contributed by atoms with Crippen LogP contribution in [0.3, 0.4) is 0 Å². The molecule has 1 aliphatic rings. The number of esters is 1. The van der Waals surface area contributed by atoms with Gasteiger partial charge in [0, 0.05) is 23.2 Å². The molecule has 1 aromatic heterocycles. The minimum atomic E-state index is -0.128. The molecule has 5 heteroatoms. The number of hydrogen-bond donors (Lipinski definition) is 1. The van der Waals surface area contributed by atoms with Gasteiger partial charge in [-0.15, -0.1) is 11.3 Å². The van der Waals surface area contributed by atoms with Crippen molar-refractivity contribution in [3.8, 4) is 0 Å². The van der Waals surface area contributed by atoms with Gasteiger partial charge in [-0.05, 0) is 19.3 Å². The SMILES string of the molecule is COC(=O)CC1(NCc2cncs2)CCC1. The number of nitrogens with one attached hydrogen (secondary N) is 1. The third-order valence-electron chi connectivity index (χ3n) is 3.14. The molecule has 0 atom stereocenters. The molecule has 1 N–H and O–H groups in total. The van der Waals surface area contributed by atoms with Gasteiger partial charge in [-0.1, -0.05) is 0 Å². The average Bonchev–Trinajstić information content (AvgIpc) is 2.74. The number of aromatic nitrogens is 1. The molecule has 0 aromatic carbocycles. The molecule has 1 aromatic rings. The highest BCUT2D eigenvalue weighted by molar-refractivity contribution is 7.09. The molecule has 1 heterocycles. The van der Waals surface area contributed by atoms with Gasteiger partial charge in [0.1, 0.15) is 0 Å². The molecule has 16 heavy (non-hydrogen) atoms. The molecule has 0 radical (unpaired) electrons. The maximum absolute atomic E-state index is 11.3. The summed E-state index contributed by atoms with van der Waals surface area (Å²) in [6, 6.07) is 0. The minimum Gasteiger partial charge on any atom is -0.469 e. The summed E-state index contributed by atoms with van der Waals surface area (Å²) in [5, 5.41) is 3.47. The molecule has 0 unspecified atom stereocenters. The zero-order valence-corrected chi connectivity index (χ0v) is 10.2. The average molecular weight is 240 g/mol. The Morgan fingerprint density at radius 2 is 2.50 bits per heavy atom.